The van der Waals surface area contributed by atoms with Crippen molar-refractivity contribution < 1.29 is 14.5 Å². The molecule has 0 aliphatic rings. The van der Waals surface area contributed by atoms with E-state index in [9.17, 15) is 14.9 Å². The summed E-state index contributed by atoms with van der Waals surface area (Å²) in [5.74, 6) is -0.279. The summed E-state index contributed by atoms with van der Waals surface area (Å²) < 4.78 is 5.20. The second-order valence-corrected chi connectivity index (χ2v) is 4.91. The Bertz CT molecular complexity index is 479. The number of hydrogen-bond acceptors (Lipinski definition) is 5. The van der Waals surface area contributed by atoms with Gasteiger partial charge in [0.2, 0.25) is 0 Å². The molecule has 1 rings (SSSR count). The topological polar surface area (TPSA) is 72.7 Å². The number of nitro groups is 1. The van der Waals surface area contributed by atoms with Crippen LogP contribution in [0.2, 0.25) is 0 Å². The second-order valence-electron chi connectivity index (χ2n) is 3.99. The lowest BCUT2D eigenvalue weighted by atomic mass is 10.2. The summed E-state index contributed by atoms with van der Waals surface area (Å²) in [5.41, 5.74) is 0.563. The fourth-order valence-electron chi connectivity index (χ4n) is 1.65. The Balaban J connectivity index is 2.73. The molecule has 0 heterocycles. The Morgan fingerprint density at radius 1 is 1.53 bits per heavy atom. The fourth-order valence-corrected chi connectivity index (χ4v) is 2.00. The third kappa shape index (κ3) is 4.51. The van der Waals surface area contributed by atoms with Gasteiger partial charge in [0.1, 0.15) is 5.69 Å². The Hall–Kier alpha value is -1.63. The molecule has 1 aromatic carbocycles. The molecule has 0 unspecified atom stereocenters. The summed E-state index contributed by atoms with van der Waals surface area (Å²) in [7, 11) is 3.10. The average Bonchev–Trinajstić information content (AvgIpc) is 2.38. The summed E-state index contributed by atoms with van der Waals surface area (Å²) in [6.45, 7) is 0.539. The van der Waals surface area contributed by atoms with E-state index in [0.717, 1.165) is 0 Å². The third-order valence-corrected chi connectivity index (χ3v) is 3.14. The fraction of sp³-hybridized carbons (Fsp3) is 0.417. The van der Waals surface area contributed by atoms with Gasteiger partial charge in [-0.1, -0.05) is 15.9 Å². The maximum absolute atomic E-state index is 11.0. The molecule has 0 bridgehead atoms. The van der Waals surface area contributed by atoms with E-state index in [-0.39, 0.29) is 11.7 Å². The molecule has 1 aromatic rings. The highest BCUT2D eigenvalue weighted by Gasteiger charge is 2.17. The molecule has 6 nitrogen and oxygen atoms in total. The zero-order valence-electron chi connectivity index (χ0n) is 10.8. The van der Waals surface area contributed by atoms with E-state index in [2.05, 4.69) is 20.7 Å². The minimum absolute atomic E-state index is 0.0370. The van der Waals surface area contributed by atoms with Gasteiger partial charge in [0.15, 0.2) is 0 Å². The van der Waals surface area contributed by atoms with Crippen LogP contribution in [0.3, 0.4) is 0 Å². The highest BCUT2D eigenvalue weighted by molar-refractivity contribution is 9.10. The lowest BCUT2D eigenvalue weighted by Gasteiger charge is -2.18. The number of ether oxygens (including phenoxy) is 1. The number of methoxy groups -OCH3 is 1. The summed E-state index contributed by atoms with van der Waals surface area (Å²) in [6.07, 6.45) is 0.877. The van der Waals surface area contributed by atoms with Crippen molar-refractivity contribution >= 4 is 33.3 Å². The predicted molar refractivity (Wildman–Crippen MR) is 75.3 cm³/mol. The van der Waals surface area contributed by atoms with Gasteiger partial charge in [-0.2, -0.15) is 0 Å². The van der Waals surface area contributed by atoms with Crippen LogP contribution >= 0.6 is 15.9 Å². The van der Waals surface area contributed by atoms with Gasteiger partial charge in [0.05, 0.1) is 12.0 Å². The van der Waals surface area contributed by atoms with Crippen molar-refractivity contribution in [1.82, 2.24) is 0 Å². The van der Waals surface area contributed by atoms with Crippen LogP contribution in [-0.2, 0) is 9.53 Å². The van der Waals surface area contributed by atoms with Crippen LogP contribution in [0.25, 0.3) is 0 Å². The lowest BCUT2D eigenvalue weighted by molar-refractivity contribution is -0.384. The van der Waals surface area contributed by atoms with Crippen LogP contribution in [0.1, 0.15) is 12.8 Å². The van der Waals surface area contributed by atoms with Crippen molar-refractivity contribution in [2.75, 3.05) is 25.6 Å². The SMILES string of the molecule is COC(=O)CCCN(C)c1ccc(Br)cc1[N+](=O)[O-]. The number of nitro benzene ring substituents is 1. The van der Waals surface area contributed by atoms with Crippen LogP contribution in [0.5, 0.6) is 0 Å². The van der Waals surface area contributed by atoms with Crippen molar-refractivity contribution in [1.29, 1.82) is 0 Å². The molecule has 0 saturated heterocycles. The van der Waals surface area contributed by atoms with E-state index in [4.69, 9.17) is 0 Å². The first kappa shape index (κ1) is 15.4. The molecule has 0 atom stereocenters. The van der Waals surface area contributed by atoms with E-state index in [0.29, 0.717) is 29.5 Å². The Labute approximate surface area is 119 Å². The molecule has 0 radical (unpaired) electrons. The molecule has 0 amide bonds. The molecular formula is C12H15BrN2O4. The smallest absolute Gasteiger partial charge is 0.305 e. The van der Waals surface area contributed by atoms with E-state index >= 15 is 0 Å². The zero-order chi connectivity index (χ0) is 14.4. The highest BCUT2D eigenvalue weighted by Crippen LogP contribution is 2.30. The number of esters is 1. The van der Waals surface area contributed by atoms with Crippen LogP contribution in [0.4, 0.5) is 11.4 Å². The predicted octanol–water partition coefficient (Wildman–Crippen LogP) is 2.75. The van der Waals surface area contributed by atoms with E-state index < -0.39 is 4.92 Å². The van der Waals surface area contributed by atoms with E-state index in [1.54, 1.807) is 24.1 Å². The molecule has 104 valence electrons. The van der Waals surface area contributed by atoms with Gasteiger partial charge in [-0.3, -0.25) is 14.9 Å². The quantitative estimate of drug-likeness (QED) is 0.455. The molecular weight excluding hydrogens is 316 g/mol. The van der Waals surface area contributed by atoms with Gasteiger partial charge in [0, 0.05) is 30.6 Å². The van der Waals surface area contributed by atoms with E-state index in [1.807, 2.05) is 0 Å². The van der Waals surface area contributed by atoms with Crippen molar-refractivity contribution in [3.63, 3.8) is 0 Å². The molecule has 0 aliphatic heterocycles. The molecule has 19 heavy (non-hydrogen) atoms. The minimum atomic E-state index is -0.420. The van der Waals surface area contributed by atoms with Crippen molar-refractivity contribution in [3.8, 4) is 0 Å². The Morgan fingerprint density at radius 2 is 2.21 bits per heavy atom. The first-order chi connectivity index (χ1) is 8.95. The minimum Gasteiger partial charge on any atom is -0.469 e. The van der Waals surface area contributed by atoms with Crippen molar-refractivity contribution in [2.45, 2.75) is 12.8 Å². The standard InChI is InChI=1S/C12H15BrN2O4/c1-14(7-3-4-12(16)19-2)10-6-5-9(13)8-11(10)15(17)18/h5-6,8H,3-4,7H2,1-2H3. The zero-order valence-corrected chi connectivity index (χ0v) is 12.3. The van der Waals surface area contributed by atoms with Crippen LogP contribution < -0.4 is 4.90 Å². The molecule has 0 aromatic heterocycles. The largest absolute Gasteiger partial charge is 0.469 e. The summed E-state index contributed by atoms with van der Waals surface area (Å²) in [4.78, 5) is 23.3. The second kappa shape index (κ2) is 7.08. The Morgan fingerprint density at radius 3 is 2.79 bits per heavy atom. The molecule has 0 fully saturated rings. The van der Waals surface area contributed by atoms with Gasteiger partial charge >= 0.3 is 5.97 Å². The number of carbonyl (C=O) groups is 1. The number of nitrogens with zero attached hydrogens (tertiary/aromatic N) is 2. The first-order valence-corrected chi connectivity index (χ1v) is 6.47. The lowest BCUT2D eigenvalue weighted by Crippen LogP contribution is -2.20. The average molecular weight is 331 g/mol. The molecule has 0 aliphatic carbocycles. The highest BCUT2D eigenvalue weighted by atomic mass is 79.9. The number of anilines is 1. The maximum Gasteiger partial charge on any atom is 0.305 e. The maximum atomic E-state index is 11.0. The number of carbonyl (C=O) groups excluding carboxylic acids is 1. The first-order valence-electron chi connectivity index (χ1n) is 5.67. The van der Waals surface area contributed by atoms with Gasteiger partial charge in [0.25, 0.3) is 5.69 Å². The van der Waals surface area contributed by atoms with Crippen molar-refractivity contribution in [3.05, 3.63) is 32.8 Å². The number of benzene rings is 1. The molecule has 0 spiro atoms. The normalized spacial score (nSPS) is 10.1. The van der Waals surface area contributed by atoms with Gasteiger partial charge in [-0.25, -0.2) is 0 Å². The van der Waals surface area contributed by atoms with Crippen molar-refractivity contribution in [2.24, 2.45) is 0 Å². The number of rotatable bonds is 6. The third-order valence-electron chi connectivity index (χ3n) is 2.65. The summed E-state index contributed by atoms with van der Waals surface area (Å²) in [5, 5.41) is 11.0. The number of halogens is 1. The molecule has 0 N–H and O–H groups in total. The molecule has 0 saturated carbocycles. The van der Waals surface area contributed by atoms with Gasteiger partial charge < -0.3 is 9.64 Å². The Kier molecular flexibility index (Phi) is 5.75. The monoisotopic (exact) mass is 330 g/mol. The van der Waals surface area contributed by atoms with Gasteiger partial charge in [-0.15, -0.1) is 0 Å². The van der Waals surface area contributed by atoms with Crippen LogP contribution in [0.15, 0.2) is 22.7 Å². The van der Waals surface area contributed by atoms with E-state index in [1.165, 1.54) is 13.2 Å². The summed E-state index contributed by atoms with van der Waals surface area (Å²) in [6, 6.07) is 4.89. The molecule has 7 heteroatoms. The summed E-state index contributed by atoms with van der Waals surface area (Å²) >= 11 is 3.21. The van der Waals surface area contributed by atoms with Crippen LogP contribution in [-0.4, -0.2) is 31.6 Å². The van der Waals surface area contributed by atoms with Crippen LogP contribution in [0, 0.1) is 10.1 Å². The number of hydrogen-bond donors (Lipinski definition) is 0. The van der Waals surface area contributed by atoms with Gasteiger partial charge in [-0.05, 0) is 18.6 Å².